The smallest absolute Gasteiger partial charge is 0.155 e. The van der Waals surface area contributed by atoms with E-state index in [1.807, 2.05) is 11.3 Å². The molecule has 0 atom stereocenters. The number of rotatable bonds is 2. The highest BCUT2D eigenvalue weighted by Crippen LogP contribution is 2.42. The van der Waals surface area contributed by atoms with Crippen molar-refractivity contribution >= 4 is 75.1 Å². The minimum Gasteiger partial charge on any atom is -0.309 e. The normalized spacial score (nSPS) is 12.2. The van der Waals surface area contributed by atoms with Gasteiger partial charge in [-0.15, -0.1) is 11.3 Å². The number of pyridine rings is 1. The van der Waals surface area contributed by atoms with Crippen molar-refractivity contribution in [1.82, 2.24) is 14.1 Å². The fourth-order valence-corrected chi connectivity index (χ4v) is 7.99. The van der Waals surface area contributed by atoms with Crippen molar-refractivity contribution in [2.45, 2.75) is 20.8 Å². The first-order chi connectivity index (χ1) is 20.5. The predicted molar refractivity (Wildman–Crippen MR) is 180 cm³/mol. The van der Waals surface area contributed by atoms with Crippen molar-refractivity contribution in [3.63, 3.8) is 0 Å². The highest BCUT2D eigenvalue weighted by atomic mass is 32.1. The second-order valence-electron chi connectivity index (χ2n) is 11.5. The summed E-state index contributed by atoms with van der Waals surface area (Å²) in [4.78, 5) is 5.19. The molecule has 3 nitrogen and oxygen atoms in total. The molecule has 5 aromatic carbocycles. The van der Waals surface area contributed by atoms with Crippen LogP contribution in [0.15, 0.2) is 109 Å². The lowest BCUT2D eigenvalue weighted by Crippen LogP contribution is -1.99. The van der Waals surface area contributed by atoms with Crippen LogP contribution < -0.4 is 0 Å². The van der Waals surface area contributed by atoms with Crippen LogP contribution in [0.4, 0.5) is 0 Å². The molecule has 0 aliphatic heterocycles. The Hall–Kier alpha value is -4.93. The van der Waals surface area contributed by atoms with Crippen molar-refractivity contribution in [2.75, 3.05) is 0 Å². The standard InChI is InChI=1S/C38H27N3S/c1-22-12-15-34-28(18-22)26-8-4-6-10-32(26)40(34)25-14-17-36-30(21-25)31-20-24(3)39-38(37(31)42-36)41-33-11-7-5-9-27(33)29-19-23(2)13-16-35(29)41/h4-21H,1-3H3. The van der Waals surface area contributed by atoms with Crippen LogP contribution in [0, 0.1) is 20.8 Å². The van der Waals surface area contributed by atoms with Crippen LogP contribution in [-0.4, -0.2) is 14.1 Å². The van der Waals surface area contributed by atoms with Crippen molar-refractivity contribution in [2.24, 2.45) is 0 Å². The fourth-order valence-electron chi connectivity index (χ4n) is 6.84. The summed E-state index contributed by atoms with van der Waals surface area (Å²) in [5.41, 5.74) is 9.60. The zero-order valence-electron chi connectivity index (χ0n) is 23.6. The van der Waals surface area contributed by atoms with Gasteiger partial charge in [0.25, 0.3) is 0 Å². The zero-order valence-corrected chi connectivity index (χ0v) is 24.5. The van der Waals surface area contributed by atoms with Gasteiger partial charge in [0.15, 0.2) is 5.82 Å². The van der Waals surface area contributed by atoms with E-state index in [0.717, 1.165) is 11.5 Å². The van der Waals surface area contributed by atoms with Crippen molar-refractivity contribution in [3.05, 3.63) is 126 Å². The molecule has 0 N–H and O–H groups in total. The van der Waals surface area contributed by atoms with Crippen molar-refractivity contribution < 1.29 is 0 Å². The van der Waals surface area contributed by atoms with Crippen LogP contribution in [0.3, 0.4) is 0 Å². The molecule has 9 aromatic rings. The lowest BCUT2D eigenvalue weighted by Gasteiger charge is -2.10. The predicted octanol–water partition coefficient (Wildman–Crippen LogP) is 10.6. The Balaban J connectivity index is 1.35. The average Bonchev–Trinajstić information content (AvgIpc) is 3.64. The van der Waals surface area contributed by atoms with E-state index in [-0.39, 0.29) is 0 Å². The van der Waals surface area contributed by atoms with Gasteiger partial charge in [-0.2, -0.15) is 0 Å². The molecule has 0 aliphatic rings. The summed E-state index contributed by atoms with van der Waals surface area (Å²) in [5.74, 6) is 1.01. The Labute approximate surface area is 246 Å². The number of fused-ring (bicyclic) bond motifs is 9. The van der Waals surface area contributed by atoms with E-state index in [0.29, 0.717) is 0 Å². The maximum absolute atomic E-state index is 5.19. The number of aryl methyl sites for hydroxylation is 3. The second-order valence-corrected chi connectivity index (χ2v) is 12.5. The molecule has 0 bridgehead atoms. The molecule has 4 heterocycles. The highest BCUT2D eigenvalue weighted by molar-refractivity contribution is 7.26. The fraction of sp³-hybridized carbons (Fsp3) is 0.0789. The highest BCUT2D eigenvalue weighted by Gasteiger charge is 2.19. The minimum absolute atomic E-state index is 1.01. The quantitative estimate of drug-likeness (QED) is 0.207. The monoisotopic (exact) mass is 557 g/mol. The van der Waals surface area contributed by atoms with Gasteiger partial charge >= 0.3 is 0 Å². The maximum Gasteiger partial charge on any atom is 0.155 e. The number of hydrogen-bond acceptors (Lipinski definition) is 2. The maximum atomic E-state index is 5.19. The van der Waals surface area contributed by atoms with Gasteiger partial charge in [0.2, 0.25) is 0 Å². The molecule has 0 fully saturated rings. The molecule has 42 heavy (non-hydrogen) atoms. The summed E-state index contributed by atoms with van der Waals surface area (Å²) in [6.07, 6.45) is 0. The zero-order chi connectivity index (χ0) is 28.1. The van der Waals surface area contributed by atoms with Gasteiger partial charge in [0.05, 0.1) is 26.8 Å². The van der Waals surface area contributed by atoms with Gasteiger partial charge in [0, 0.05) is 48.4 Å². The SMILES string of the molecule is Cc1ccc2c(c1)c1ccccc1n2-c1ccc2sc3c(-n4c5ccccc5c5cc(C)ccc54)nc(C)cc3c2c1. The number of aromatic nitrogens is 3. The second kappa shape index (κ2) is 8.54. The van der Waals surface area contributed by atoms with Crippen LogP contribution in [0.1, 0.15) is 16.8 Å². The van der Waals surface area contributed by atoms with E-state index in [9.17, 15) is 0 Å². The summed E-state index contributed by atoms with van der Waals surface area (Å²) in [6.45, 7) is 6.45. The molecule has 0 amide bonds. The molecular weight excluding hydrogens is 531 g/mol. The molecule has 4 aromatic heterocycles. The summed E-state index contributed by atoms with van der Waals surface area (Å²) >= 11 is 1.84. The topological polar surface area (TPSA) is 22.8 Å². The summed E-state index contributed by atoms with van der Waals surface area (Å²) < 4.78 is 7.27. The van der Waals surface area contributed by atoms with Gasteiger partial charge in [-0.3, -0.25) is 4.57 Å². The van der Waals surface area contributed by atoms with Gasteiger partial charge < -0.3 is 4.57 Å². The van der Waals surface area contributed by atoms with Crippen LogP contribution in [0.5, 0.6) is 0 Å². The first kappa shape index (κ1) is 23.7. The van der Waals surface area contributed by atoms with E-state index in [1.54, 1.807) is 0 Å². The van der Waals surface area contributed by atoms with Crippen molar-refractivity contribution in [1.29, 1.82) is 0 Å². The molecule has 0 aliphatic carbocycles. The third kappa shape index (κ3) is 3.24. The Morgan fingerprint density at radius 2 is 1.10 bits per heavy atom. The third-order valence-electron chi connectivity index (χ3n) is 8.67. The Morgan fingerprint density at radius 1 is 0.500 bits per heavy atom. The van der Waals surface area contributed by atoms with Crippen LogP contribution in [0.2, 0.25) is 0 Å². The average molecular weight is 558 g/mol. The Bertz CT molecular complexity index is 2560. The molecule has 9 rings (SSSR count). The lowest BCUT2D eigenvalue weighted by molar-refractivity contribution is 1.07. The molecule has 0 spiro atoms. The Morgan fingerprint density at radius 3 is 1.79 bits per heavy atom. The van der Waals surface area contributed by atoms with Crippen LogP contribution in [0.25, 0.3) is 75.3 Å². The Kier molecular flexibility index (Phi) is 4.83. The van der Waals surface area contributed by atoms with Gasteiger partial charge in [-0.05, 0) is 81.4 Å². The number of thiophene rings is 1. The van der Waals surface area contributed by atoms with E-state index >= 15 is 0 Å². The van der Waals surface area contributed by atoms with Crippen LogP contribution in [-0.2, 0) is 0 Å². The third-order valence-corrected chi connectivity index (χ3v) is 9.86. The molecule has 200 valence electrons. The number of hydrogen-bond donors (Lipinski definition) is 0. The number of nitrogens with zero attached hydrogens (tertiary/aromatic N) is 3. The largest absolute Gasteiger partial charge is 0.309 e. The lowest BCUT2D eigenvalue weighted by atomic mass is 10.1. The van der Waals surface area contributed by atoms with Gasteiger partial charge in [-0.1, -0.05) is 59.7 Å². The molecule has 0 unspecified atom stereocenters. The van der Waals surface area contributed by atoms with E-state index in [4.69, 9.17) is 4.98 Å². The molecule has 0 saturated carbocycles. The van der Waals surface area contributed by atoms with E-state index in [2.05, 4.69) is 139 Å². The van der Waals surface area contributed by atoms with Crippen LogP contribution >= 0.6 is 11.3 Å². The van der Waals surface area contributed by atoms with Crippen molar-refractivity contribution in [3.8, 4) is 11.5 Å². The number of benzene rings is 5. The summed E-state index contributed by atoms with van der Waals surface area (Å²) in [6, 6.07) is 40.2. The first-order valence-corrected chi connectivity index (χ1v) is 15.2. The minimum atomic E-state index is 1.01. The molecule has 4 heteroatoms. The summed E-state index contributed by atoms with van der Waals surface area (Å²) in [5, 5.41) is 7.65. The molecular formula is C38H27N3S. The van der Waals surface area contributed by atoms with Gasteiger partial charge in [0.1, 0.15) is 0 Å². The summed E-state index contributed by atoms with van der Waals surface area (Å²) in [7, 11) is 0. The van der Waals surface area contributed by atoms with E-state index < -0.39 is 0 Å². The molecule has 0 saturated heterocycles. The number of para-hydroxylation sites is 2. The first-order valence-electron chi connectivity index (χ1n) is 14.4. The van der Waals surface area contributed by atoms with Gasteiger partial charge in [-0.25, -0.2) is 4.98 Å². The molecule has 0 radical (unpaired) electrons. The van der Waals surface area contributed by atoms with E-state index in [1.165, 1.54) is 80.6 Å².